The molecule has 0 aromatic carbocycles. The average Bonchev–Trinajstić information content (AvgIpc) is 3.04. The number of aromatic nitrogens is 2. The molecule has 1 aromatic rings. The van der Waals surface area contributed by atoms with E-state index >= 15 is 0 Å². The smallest absolute Gasteiger partial charge is 0.338 e. The van der Waals surface area contributed by atoms with Gasteiger partial charge in [0.1, 0.15) is 6.04 Å². The van der Waals surface area contributed by atoms with E-state index in [-0.39, 0.29) is 25.0 Å². The highest BCUT2D eigenvalue weighted by Crippen LogP contribution is 2.25. The van der Waals surface area contributed by atoms with Crippen LogP contribution in [0.25, 0.3) is 0 Å². The quantitative estimate of drug-likeness (QED) is 0.884. The first kappa shape index (κ1) is 18.6. The van der Waals surface area contributed by atoms with E-state index in [2.05, 4.69) is 10.4 Å². The third-order valence-corrected chi connectivity index (χ3v) is 4.28. The number of hydrogen-bond donors (Lipinski definition) is 1. The molecule has 2 unspecified atom stereocenters. The standard InChI is InChI=1S/C15H24F3N5O/c1-12(11-23-5-3-4-20-23)10-19-14(24)22-8-6-21(7-9-22)13(2)15(16,17)18/h3-5,12-13H,6-11H2,1-2H3,(H,19,24). The minimum atomic E-state index is -4.23. The molecule has 136 valence electrons. The summed E-state index contributed by atoms with van der Waals surface area (Å²) in [5.74, 6) is 0.209. The summed E-state index contributed by atoms with van der Waals surface area (Å²) < 4.78 is 39.9. The molecular weight excluding hydrogens is 323 g/mol. The maximum Gasteiger partial charge on any atom is 0.403 e. The zero-order valence-corrected chi connectivity index (χ0v) is 14.0. The van der Waals surface area contributed by atoms with E-state index in [0.717, 1.165) is 6.92 Å². The topological polar surface area (TPSA) is 53.4 Å². The number of piperazine rings is 1. The summed E-state index contributed by atoms with van der Waals surface area (Å²) in [4.78, 5) is 15.1. The van der Waals surface area contributed by atoms with Crippen LogP contribution in [0.15, 0.2) is 18.5 Å². The molecule has 0 saturated carbocycles. The summed E-state index contributed by atoms with van der Waals surface area (Å²) in [6.07, 6.45) is -0.668. The molecular formula is C15H24F3N5O. The van der Waals surface area contributed by atoms with Crippen LogP contribution in [-0.4, -0.2) is 70.6 Å². The molecule has 2 rings (SSSR count). The number of alkyl halides is 3. The van der Waals surface area contributed by atoms with E-state index in [9.17, 15) is 18.0 Å². The number of carbonyl (C=O) groups excluding carboxylic acids is 1. The molecule has 9 heteroatoms. The number of amides is 2. The first-order valence-corrected chi connectivity index (χ1v) is 8.08. The van der Waals surface area contributed by atoms with Gasteiger partial charge in [-0.15, -0.1) is 0 Å². The molecule has 1 N–H and O–H groups in total. The third kappa shape index (κ3) is 5.12. The monoisotopic (exact) mass is 347 g/mol. The molecule has 1 aliphatic rings. The van der Waals surface area contributed by atoms with Crippen molar-refractivity contribution in [1.82, 2.24) is 24.9 Å². The van der Waals surface area contributed by atoms with Gasteiger partial charge in [-0.3, -0.25) is 9.58 Å². The summed E-state index contributed by atoms with van der Waals surface area (Å²) in [6, 6.07) is 0.144. The molecule has 0 aliphatic carbocycles. The summed E-state index contributed by atoms with van der Waals surface area (Å²) in [5, 5.41) is 6.96. The molecule has 24 heavy (non-hydrogen) atoms. The highest BCUT2D eigenvalue weighted by Gasteiger charge is 2.41. The zero-order valence-electron chi connectivity index (χ0n) is 14.0. The van der Waals surface area contributed by atoms with Crippen LogP contribution in [0.4, 0.5) is 18.0 Å². The van der Waals surface area contributed by atoms with Crippen LogP contribution >= 0.6 is 0 Å². The van der Waals surface area contributed by atoms with Crippen molar-refractivity contribution in [2.45, 2.75) is 32.6 Å². The maximum absolute atomic E-state index is 12.7. The molecule has 2 heterocycles. The van der Waals surface area contributed by atoms with E-state index in [1.54, 1.807) is 15.8 Å². The molecule has 0 spiro atoms. The first-order valence-electron chi connectivity index (χ1n) is 8.08. The van der Waals surface area contributed by atoms with Gasteiger partial charge >= 0.3 is 12.2 Å². The van der Waals surface area contributed by atoms with Crippen LogP contribution < -0.4 is 5.32 Å². The van der Waals surface area contributed by atoms with Crippen LogP contribution in [0.3, 0.4) is 0 Å². The number of halogens is 3. The second-order valence-electron chi connectivity index (χ2n) is 6.26. The highest BCUT2D eigenvalue weighted by molar-refractivity contribution is 5.74. The fourth-order valence-electron chi connectivity index (χ4n) is 2.68. The Kier molecular flexibility index (Phi) is 6.09. The fourth-order valence-corrected chi connectivity index (χ4v) is 2.68. The highest BCUT2D eigenvalue weighted by atomic mass is 19.4. The van der Waals surface area contributed by atoms with Crippen LogP contribution in [0.2, 0.25) is 0 Å². The number of rotatable bonds is 5. The van der Waals surface area contributed by atoms with Crippen molar-refractivity contribution in [2.75, 3.05) is 32.7 Å². The normalized spacial score (nSPS) is 19.1. The lowest BCUT2D eigenvalue weighted by Gasteiger charge is -2.38. The number of hydrogen-bond acceptors (Lipinski definition) is 3. The molecule has 1 saturated heterocycles. The van der Waals surface area contributed by atoms with Crippen molar-refractivity contribution in [3.63, 3.8) is 0 Å². The van der Waals surface area contributed by atoms with E-state index in [0.29, 0.717) is 26.2 Å². The van der Waals surface area contributed by atoms with Crippen molar-refractivity contribution in [1.29, 1.82) is 0 Å². The van der Waals surface area contributed by atoms with Crippen LogP contribution in [-0.2, 0) is 6.54 Å². The Balaban J connectivity index is 1.71. The number of nitrogens with zero attached hydrogens (tertiary/aromatic N) is 4. The van der Waals surface area contributed by atoms with Gasteiger partial charge in [-0.25, -0.2) is 4.79 Å². The number of urea groups is 1. The molecule has 2 atom stereocenters. The largest absolute Gasteiger partial charge is 0.403 e. The summed E-state index contributed by atoms with van der Waals surface area (Å²) >= 11 is 0. The van der Waals surface area contributed by atoms with Gasteiger partial charge in [0.05, 0.1) is 0 Å². The minimum Gasteiger partial charge on any atom is -0.338 e. The molecule has 1 fully saturated rings. The van der Waals surface area contributed by atoms with Gasteiger partial charge in [0.15, 0.2) is 0 Å². The fraction of sp³-hybridized carbons (Fsp3) is 0.733. The maximum atomic E-state index is 12.7. The minimum absolute atomic E-state index is 0.209. The van der Waals surface area contributed by atoms with Crippen molar-refractivity contribution in [3.8, 4) is 0 Å². The van der Waals surface area contributed by atoms with E-state index in [1.165, 1.54) is 4.90 Å². The van der Waals surface area contributed by atoms with E-state index in [4.69, 9.17) is 0 Å². The first-order chi connectivity index (χ1) is 11.3. The van der Waals surface area contributed by atoms with Crippen LogP contribution in [0, 0.1) is 5.92 Å². The molecule has 0 radical (unpaired) electrons. The second-order valence-corrected chi connectivity index (χ2v) is 6.26. The van der Waals surface area contributed by atoms with Crippen molar-refractivity contribution in [3.05, 3.63) is 18.5 Å². The van der Waals surface area contributed by atoms with E-state index < -0.39 is 12.2 Å². The Morgan fingerprint density at radius 3 is 2.46 bits per heavy atom. The van der Waals surface area contributed by atoms with Gasteiger partial charge in [-0.2, -0.15) is 18.3 Å². The lowest BCUT2D eigenvalue weighted by atomic mass is 10.2. The summed E-state index contributed by atoms with van der Waals surface area (Å²) in [6.45, 7) is 5.44. The van der Waals surface area contributed by atoms with Gasteiger partial charge < -0.3 is 10.2 Å². The van der Waals surface area contributed by atoms with Crippen LogP contribution in [0.5, 0.6) is 0 Å². The predicted octanol–water partition coefficient (Wildman–Crippen LogP) is 1.80. The molecule has 6 nitrogen and oxygen atoms in total. The Morgan fingerprint density at radius 2 is 1.92 bits per heavy atom. The predicted molar refractivity (Wildman–Crippen MR) is 83.5 cm³/mol. The van der Waals surface area contributed by atoms with Crippen molar-refractivity contribution >= 4 is 6.03 Å². The summed E-state index contributed by atoms with van der Waals surface area (Å²) in [5.41, 5.74) is 0. The lowest BCUT2D eigenvalue weighted by Crippen LogP contribution is -2.56. The zero-order chi connectivity index (χ0) is 17.7. The second kappa shape index (κ2) is 7.87. The summed E-state index contributed by atoms with van der Waals surface area (Å²) in [7, 11) is 0. The Labute approximate surface area is 139 Å². The van der Waals surface area contributed by atoms with Crippen LogP contribution in [0.1, 0.15) is 13.8 Å². The Hall–Kier alpha value is -1.77. The van der Waals surface area contributed by atoms with Gasteiger partial charge in [0, 0.05) is 51.7 Å². The van der Waals surface area contributed by atoms with E-state index in [1.807, 2.05) is 19.2 Å². The Morgan fingerprint density at radius 1 is 1.25 bits per heavy atom. The average molecular weight is 347 g/mol. The lowest BCUT2D eigenvalue weighted by molar-refractivity contribution is -0.181. The van der Waals surface area contributed by atoms with Gasteiger partial charge in [0.2, 0.25) is 0 Å². The van der Waals surface area contributed by atoms with Crippen molar-refractivity contribution < 1.29 is 18.0 Å². The third-order valence-electron chi connectivity index (χ3n) is 4.28. The molecule has 0 bridgehead atoms. The van der Waals surface area contributed by atoms with Gasteiger partial charge in [-0.1, -0.05) is 6.92 Å². The van der Waals surface area contributed by atoms with Gasteiger partial charge in [-0.05, 0) is 18.9 Å². The SMILES string of the molecule is CC(CNC(=O)N1CCN(C(C)C(F)(F)F)CC1)Cn1cccn1. The number of carbonyl (C=O) groups is 1. The number of nitrogens with one attached hydrogen (secondary N) is 1. The van der Waals surface area contributed by atoms with Gasteiger partial charge in [0.25, 0.3) is 0 Å². The molecule has 1 aliphatic heterocycles. The molecule has 2 amide bonds. The molecule has 1 aromatic heterocycles. The van der Waals surface area contributed by atoms with Crippen molar-refractivity contribution in [2.24, 2.45) is 5.92 Å². The Bertz CT molecular complexity index is 512.